The van der Waals surface area contributed by atoms with Gasteiger partial charge in [-0.05, 0) is 63.8 Å². The van der Waals surface area contributed by atoms with E-state index in [0.29, 0.717) is 24.5 Å². The lowest BCUT2D eigenvalue weighted by molar-refractivity contribution is -0.384. The predicted octanol–water partition coefficient (Wildman–Crippen LogP) is 6.34. The summed E-state index contributed by atoms with van der Waals surface area (Å²) >= 11 is 0. The maximum absolute atomic E-state index is 12.9. The van der Waals surface area contributed by atoms with Crippen LogP contribution < -0.4 is 9.80 Å². The number of hydrogen-bond donors (Lipinski definition) is 0. The van der Waals surface area contributed by atoms with E-state index in [1.165, 1.54) is 26.4 Å². The van der Waals surface area contributed by atoms with Crippen molar-refractivity contribution in [1.29, 1.82) is 0 Å². The fourth-order valence-electron chi connectivity index (χ4n) is 5.94. The maximum Gasteiger partial charge on any atom is 0.374 e. The van der Waals surface area contributed by atoms with Gasteiger partial charge in [0.25, 0.3) is 5.69 Å². The average molecular weight is 600 g/mol. The minimum Gasteiger partial charge on any atom is -0.466 e. The molecule has 0 amide bonds. The number of nitrogens with zero attached hydrogens (tertiary/aromatic N) is 3. The van der Waals surface area contributed by atoms with E-state index in [9.17, 15) is 19.7 Å². The summed E-state index contributed by atoms with van der Waals surface area (Å²) in [7, 11) is 2.35. The van der Waals surface area contributed by atoms with Gasteiger partial charge in [-0.25, -0.2) is 9.59 Å². The molecule has 1 aliphatic heterocycles. The molecule has 4 rings (SSSR count). The molecule has 3 aromatic carbocycles. The fourth-order valence-corrected chi connectivity index (χ4v) is 5.94. The molecule has 1 saturated heterocycles. The second-order valence-electron chi connectivity index (χ2n) is 10.9. The topological polar surface area (TPSA) is 111 Å². The van der Waals surface area contributed by atoms with Crippen molar-refractivity contribution in [2.75, 3.05) is 37.1 Å². The third kappa shape index (κ3) is 6.44. The van der Waals surface area contributed by atoms with Gasteiger partial charge in [0.1, 0.15) is 0 Å². The largest absolute Gasteiger partial charge is 0.466 e. The molecule has 0 unspecified atom stereocenters. The first-order chi connectivity index (χ1) is 20.9. The zero-order valence-corrected chi connectivity index (χ0v) is 26.3. The summed E-state index contributed by atoms with van der Waals surface area (Å²) in [4.78, 5) is 40.8. The normalized spacial score (nSPS) is 13.2. The van der Waals surface area contributed by atoms with Gasteiger partial charge in [0.05, 0.1) is 25.2 Å². The second-order valence-corrected chi connectivity index (χ2v) is 10.9. The van der Waals surface area contributed by atoms with Crippen LogP contribution in [0.1, 0.15) is 38.9 Å². The Hall–Kier alpha value is -5.12. The van der Waals surface area contributed by atoms with Gasteiger partial charge in [0, 0.05) is 42.2 Å². The van der Waals surface area contributed by atoms with Crippen LogP contribution in [-0.4, -0.2) is 44.2 Å². The van der Waals surface area contributed by atoms with Gasteiger partial charge in [0.15, 0.2) is 11.6 Å². The molecule has 3 aromatic rings. The molecule has 1 aliphatic rings. The zero-order valence-electron chi connectivity index (χ0n) is 26.3. The number of esters is 2. The van der Waals surface area contributed by atoms with E-state index in [-0.39, 0.29) is 11.4 Å². The Labute approximate surface area is 257 Å². The monoisotopic (exact) mass is 599 g/mol. The Morgan fingerprint density at radius 1 is 0.795 bits per heavy atom. The minimum atomic E-state index is -0.916. The van der Waals surface area contributed by atoms with Gasteiger partial charge in [-0.3, -0.25) is 10.1 Å². The van der Waals surface area contributed by atoms with Crippen molar-refractivity contribution < 1.29 is 28.7 Å². The summed E-state index contributed by atoms with van der Waals surface area (Å²) in [6, 6.07) is 14.4. The zero-order chi connectivity index (χ0) is 32.3. The molecule has 1 heterocycles. The standard InChI is InChI=1S/C34H37N3O7/c1-20-14-22(3)30(23(4)15-20)35-12-13-36(31-24(5)16-21(2)17-25(31)6)33(35)32(26-10-9-11-27(18-26)37(40)41)44-28(34(39)43-8)19-29(38)42-7/h9-11,14-19H,12-13H2,1-8H3/b28-19+. The molecule has 0 aromatic heterocycles. The second kappa shape index (κ2) is 13.0. The van der Waals surface area contributed by atoms with Crippen molar-refractivity contribution in [2.45, 2.75) is 41.5 Å². The Morgan fingerprint density at radius 2 is 1.30 bits per heavy atom. The van der Waals surface area contributed by atoms with E-state index >= 15 is 0 Å². The smallest absolute Gasteiger partial charge is 0.374 e. The minimum absolute atomic E-state index is 0.130. The SMILES string of the molecule is COC(=O)/C=C(/OC(=C1N(c2c(C)cc(C)cc2C)CCN1c1c(C)cc(C)cc1C)c1cccc([N+](=O)[O-])c1)C(=O)OC. The highest BCUT2D eigenvalue weighted by Crippen LogP contribution is 2.42. The summed E-state index contributed by atoms with van der Waals surface area (Å²) < 4.78 is 16.1. The van der Waals surface area contributed by atoms with Crippen molar-refractivity contribution in [1.82, 2.24) is 0 Å². The van der Waals surface area contributed by atoms with E-state index in [0.717, 1.165) is 50.8 Å². The van der Waals surface area contributed by atoms with Crippen LogP contribution in [0.4, 0.5) is 17.1 Å². The van der Waals surface area contributed by atoms with Crippen LogP contribution in [0, 0.1) is 51.7 Å². The molecule has 0 radical (unpaired) electrons. The molecule has 44 heavy (non-hydrogen) atoms. The van der Waals surface area contributed by atoms with Gasteiger partial charge in [-0.1, -0.05) is 47.5 Å². The van der Waals surface area contributed by atoms with Crippen LogP contribution >= 0.6 is 0 Å². The van der Waals surface area contributed by atoms with Crippen LogP contribution in [0.2, 0.25) is 0 Å². The number of benzene rings is 3. The lowest BCUT2D eigenvalue weighted by Gasteiger charge is -2.31. The quantitative estimate of drug-likeness (QED) is 0.0962. The lowest BCUT2D eigenvalue weighted by Crippen LogP contribution is -2.28. The van der Waals surface area contributed by atoms with Gasteiger partial charge < -0.3 is 24.0 Å². The lowest BCUT2D eigenvalue weighted by atomic mass is 10.0. The van der Waals surface area contributed by atoms with E-state index in [1.807, 2.05) is 41.5 Å². The number of hydrogen-bond acceptors (Lipinski definition) is 9. The predicted molar refractivity (Wildman–Crippen MR) is 169 cm³/mol. The number of carbonyl (C=O) groups excluding carboxylic acids is 2. The molecule has 0 saturated carbocycles. The number of rotatable bonds is 8. The highest BCUT2D eigenvalue weighted by atomic mass is 16.6. The summed E-state index contributed by atoms with van der Waals surface area (Å²) in [5.74, 6) is -1.50. The molecule has 1 fully saturated rings. The first kappa shape index (κ1) is 31.8. The van der Waals surface area contributed by atoms with E-state index < -0.39 is 22.6 Å². The van der Waals surface area contributed by atoms with Crippen LogP contribution in [-0.2, 0) is 23.8 Å². The van der Waals surface area contributed by atoms with E-state index in [1.54, 1.807) is 12.1 Å². The van der Waals surface area contributed by atoms with Crippen molar-refractivity contribution >= 4 is 34.8 Å². The number of nitro benzene ring substituents is 1. The number of ether oxygens (including phenoxy) is 3. The third-order valence-electron chi connectivity index (χ3n) is 7.44. The third-order valence-corrected chi connectivity index (χ3v) is 7.44. The Kier molecular flexibility index (Phi) is 9.42. The highest BCUT2D eigenvalue weighted by Gasteiger charge is 2.36. The van der Waals surface area contributed by atoms with Gasteiger partial charge >= 0.3 is 11.9 Å². The van der Waals surface area contributed by atoms with Crippen LogP contribution in [0.15, 0.2) is 66.2 Å². The molecule has 0 spiro atoms. The summed E-state index contributed by atoms with van der Waals surface area (Å²) in [6.45, 7) is 13.3. The van der Waals surface area contributed by atoms with Crippen LogP contribution in [0.3, 0.4) is 0 Å². The summed E-state index contributed by atoms with van der Waals surface area (Å²) in [6.07, 6.45) is 0.901. The Balaban J connectivity index is 2.14. The molecule has 10 heteroatoms. The molecule has 0 aliphatic carbocycles. The first-order valence-electron chi connectivity index (χ1n) is 14.1. The molecule has 10 nitrogen and oxygen atoms in total. The van der Waals surface area contributed by atoms with Crippen molar-refractivity contribution in [3.8, 4) is 0 Å². The number of methoxy groups -OCH3 is 2. The summed E-state index contributed by atoms with van der Waals surface area (Å²) in [5.41, 5.74) is 8.37. The molecule has 0 atom stereocenters. The highest BCUT2D eigenvalue weighted by molar-refractivity contribution is 5.96. The van der Waals surface area contributed by atoms with Crippen molar-refractivity contribution in [3.63, 3.8) is 0 Å². The van der Waals surface area contributed by atoms with Gasteiger partial charge in [-0.15, -0.1) is 0 Å². The summed E-state index contributed by atoms with van der Waals surface area (Å²) in [5, 5.41) is 11.9. The fraction of sp³-hybridized carbons (Fsp3) is 0.294. The first-order valence-corrected chi connectivity index (χ1v) is 14.1. The Bertz CT molecular complexity index is 1590. The van der Waals surface area contributed by atoms with Gasteiger partial charge in [0.2, 0.25) is 5.76 Å². The van der Waals surface area contributed by atoms with Crippen molar-refractivity contribution in [3.05, 3.63) is 115 Å². The number of non-ortho nitro benzene ring substituents is 1. The van der Waals surface area contributed by atoms with Crippen LogP contribution in [0.5, 0.6) is 0 Å². The maximum atomic E-state index is 12.9. The van der Waals surface area contributed by atoms with Gasteiger partial charge in [-0.2, -0.15) is 0 Å². The van der Waals surface area contributed by atoms with Crippen LogP contribution in [0.25, 0.3) is 5.76 Å². The number of aryl methyl sites for hydroxylation is 6. The number of anilines is 2. The molecular formula is C34H37N3O7. The molecule has 230 valence electrons. The average Bonchev–Trinajstić information content (AvgIpc) is 3.36. The Morgan fingerprint density at radius 3 is 1.73 bits per heavy atom. The van der Waals surface area contributed by atoms with E-state index in [4.69, 9.17) is 14.2 Å². The number of carbonyl (C=O) groups is 2. The molecule has 0 N–H and O–H groups in total. The van der Waals surface area contributed by atoms with E-state index in [2.05, 4.69) is 34.1 Å². The van der Waals surface area contributed by atoms with Crippen molar-refractivity contribution in [2.24, 2.45) is 0 Å². The molecular weight excluding hydrogens is 562 g/mol. The number of nitro groups is 1. The molecule has 0 bridgehead atoms.